The maximum atomic E-state index is 12.7. The maximum Gasteiger partial charge on any atom is 0.335 e. The van der Waals surface area contributed by atoms with Crippen LogP contribution in [-0.2, 0) is 10.0 Å². The van der Waals surface area contributed by atoms with Crippen molar-refractivity contribution in [2.45, 2.75) is 24.0 Å². The van der Waals surface area contributed by atoms with Crippen LogP contribution in [0.1, 0.15) is 30.1 Å². The molecule has 1 fully saturated rings. The predicted molar refractivity (Wildman–Crippen MR) is 107 cm³/mol. The smallest absolute Gasteiger partial charge is 0.335 e. The Morgan fingerprint density at radius 1 is 1.35 bits per heavy atom. The van der Waals surface area contributed by atoms with Gasteiger partial charge in [0.1, 0.15) is 4.21 Å². The van der Waals surface area contributed by atoms with E-state index in [0.29, 0.717) is 21.1 Å². The molecule has 2 heterocycles. The molecule has 2 aromatic rings. The van der Waals surface area contributed by atoms with Crippen molar-refractivity contribution < 1.29 is 18.3 Å². The number of carboxylic acid groups (broad SMARTS) is 1. The molecule has 0 unspecified atom stereocenters. The molecule has 0 aliphatic carbocycles. The van der Waals surface area contributed by atoms with Crippen LogP contribution in [0.4, 0.5) is 11.4 Å². The van der Waals surface area contributed by atoms with E-state index >= 15 is 0 Å². The molecule has 1 aromatic carbocycles. The van der Waals surface area contributed by atoms with Crippen molar-refractivity contribution >= 4 is 54.6 Å². The van der Waals surface area contributed by atoms with E-state index in [2.05, 4.69) is 32.5 Å². The van der Waals surface area contributed by atoms with E-state index in [1.54, 1.807) is 12.1 Å². The third kappa shape index (κ3) is 4.21. The maximum absolute atomic E-state index is 12.7. The molecular weight excluding hydrogens is 440 g/mol. The van der Waals surface area contributed by atoms with Crippen LogP contribution in [0, 0.1) is 5.92 Å². The van der Waals surface area contributed by atoms with Gasteiger partial charge in [-0.05, 0) is 65.0 Å². The van der Waals surface area contributed by atoms with Gasteiger partial charge < -0.3 is 10.0 Å². The van der Waals surface area contributed by atoms with E-state index in [1.165, 1.54) is 18.2 Å². The van der Waals surface area contributed by atoms with Gasteiger partial charge in [0.25, 0.3) is 10.0 Å². The summed E-state index contributed by atoms with van der Waals surface area (Å²) >= 11 is 4.37. The molecule has 140 valence electrons. The van der Waals surface area contributed by atoms with Crippen LogP contribution in [0.2, 0.25) is 0 Å². The first-order chi connectivity index (χ1) is 12.3. The van der Waals surface area contributed by atoms with E-state index in [1.807, 2.05) is 0 Å². The number of nitrogens with zero attached hydrogens (tertiary/aromatic N) is 1. The SMILES string of the molecule is C[C@H]1CCCN(c2ccc(C(=O)O)cc2NS(=O)(=O)c2ccc(Br)s2)C1. The van der Waals surface area contributed by atoms with Crippen molar-refractivity contribution in [3.63, 3.8) is 0 Å². The molecule has 1 aliphatic rings. The Kier molecular flexibility index (Phi) is 5.59. The monoisotopic (exact) mass is 458 g/mol. The van der Waals surface area contributed by atoms with Gasteiger partial charge in [-0.3, -0.25) is 4.72 Å². The van der Waals surface area contributed by atoms with E-state index in [-0.39, 0.29) is 9.77 Å². The lowest BCUT2D eigenvalue weighted by Gasteiger charge is -2.34. The number of piperidine rings is 1. The second-order valence-corrected chi connectivity index (χ2v) is 10.8. The van der Waals surface area contributed by atoms with Gasteiger partial charge in [0.2, 0.25) is 0 Å². The van der Waals surface area contributed by atoms with Crippen LogP contribution < -0.4 is 9.62 Å². The van der Waals surface area contributed by atoms with Crippen LogP contribution in [0.25, 0.3) is 0 Å². The molecule has 2 N–H and O–H groups in total. The Bertz CT molecular complexity index is 927. The molecule has 6 nitrogen and oxygen atoms in total. The number of carbonyl (C=O) groups is 1. The number of rotatable bonds is 5. The van der Waals surface area contributed by atoms with Crippen molar-refractivity contribution in [2.75, 3.05) is 22.7 Å². The van der Waals surface area contributed by atoms with Crippen LogP contribution >= 0.6 is 27.3 Å². The summed E-state index contributed by atoms with van der Waals surface area (Å²) in [7, 11) is -3.79. The number of benzene rings is 1. The highest BCUT2D eigenvalue weighted by Crippen LogP contribution is 2.34. The molecule has 0 bridgehead atoms. The molecule has 1 aliphatic heterocycles. The van der Waals surface area contributed by atoms with Crippen LogP contribution in [0.15, 0.2) is 38.3 Å². The number of sulfonamides is 1. The number of halogens is 1. The van der Waals surface area contributed by atoms with Gasteiger partial charge in [-0.25, -0.2) is 13.2 Å². The normalized spacial score (nSPS) is 17.9. The standard InChI is InChI=1S/C17H19BrN2O4S2/c1-11-3-2-8-20(10-11)14-5-4-12(17(21)22)9-13(14)19-26(23,24)16-7-6-15(18)25-16/h4-7,9,11,19H,2-3,8,10H2,1H3,(H,21,22)/t11-/m0/s1. The molecule has 0 saturated carbocycles. The Labute approximate surface area is 165 Å². The van der Waals surface area contributed by atoms with Crippen molar-refractivity contribution in [3.8, 4) is 0 Å². The third-order valence-corrected chi connectivity index (χ3v) is 7.78. The topological polar surface area (TPSA) is 86.7 Å². The van der Waals surface area contributed by atoms with Crippen molar-refractivity contribution in [3.05, 3.63) is 39.7 Å². The number of carboxylic acids is 1. The molecule has 1 aromatic heterocycles. The van der Waals surface area contributed by atoms with Gasteiger partial charge in [-0.15, -0.1) is 11.3 Å². The molecule has 26 heavy (non-hydrogen) atoms. The summed E-state index contributed by atoms with van der Waals surface area (Å²) in [5.41, 5.74) is 1.05. The number of aromatic carboxylic acids is 1. The molecule has 9 heteroatoms. The minimum absolute atomic E-state index is 0.0452. The Morgan fingerprint density at radius 2 is 2.12 bits per heavy atom. The van der Waals surface area contributed by atoms with E-state index in [9.17, 15) is 18.3 Å². The molecule has 1 atom stereocenters. The second kappa shape index (κ2) is 7.58. The van der Waals surface area contributed by atoms with Gasteiger partial charge in [0.05, 0.1) is 20.7 Å². The highest BCUT2D eigenvalue weighted by Gasteiger charge is 2.24. The molecule has 0 radical (unpaired) electrons. The zero-order valence-corrected chi connectivity index (χ0v) is 17.3. The highest BCUT2D eigenvalue weighted by molar-refractivity contribution is 9.11. The van der Waals surface area contributed by atoms with Crippen molar-refractivity contribution in [2.24, 2.45) is 5.92 Å². The first-order valence-electron chi connectivity index (χ1n) is 8.17. The number of thiophene rings is 1. The number of nitrogens with one attached hydrogen (secondary N) is 1. The second-order valence-electron chi connectivity index (χ2n) is 6.39. The largest absolute Gasteiger partial charge is 0.478 e. The number of hydrogen-bond acceptors (Lipinski definition) is 5. The fourth-order valence-electron chi connectivity index (χ4n) is 3.07. The summed E-state index contributed by atoms with van der Waals surface area (Å²) in [4.78, 5) is 13.4. The Balaban J connectivity index is 2.00. The highest BCUT2D eigenvalue weighted by atomic mass is 79.9. The fourth-order valence-corrected chi connectivity index (χ4v) is 6.15. The molecule has 3 rings (SSSR count). The van der Waals surface area contributed by atoms with Crippen LogP contribution in [0.3, 0.4) is 0 Å². The number of anilines is 2. The van der Waals surface area contributed by atoms with Gasteiger partial charge in [0.15, 0.2) is 0 Å². The number of hydrogen-bond donors (Lipinski definition) is 2. The molecule has 0 spiro atoms. The molecular formula is C17H19BrN2O4S2. The summed E-state index contributed by atoms with van der Waals surface area (Å²) in [5.74, 6) is -0.594. The molecule has 0 amide bonds. The van der Waals surface area contributed by atoms with Gasteiger partial charge in [-0.2, -0.15) is 0 Å². The lowest BCUT2D eigenvalue weighted by molar-refractivity contribution is 0.0697. The lowest BCUT2D eigenvalue weighted by Crippen LogP contribution is -2.35. The van der Waals surface area contributed by atoms with Gasteiger partial charge in [0, 0.05) is 13.1 Å². The summed E-state index contributed by atoms with van der Waals surface area (Å²) in [5, 5.41) is 9.28. The van der Waals surface area contributed by atoms with Crippen molar-refractivity contribution in [1.29, 1.82) is 0 Å². The summed E-state index contributed by atoms with van der Waals surface area (Å²) in [6.07, 6.45) is 2.15. The summed E-state index contributed by atoms with van der Waals surface area (Å²) in [6.45, 7) is 3.78. The Hall–Kier alpha value is -1.58. The Morgan fingerprint density at radius 3 is 2.73 bits per heavy atom. The van der Waals surface area contributed by atoms with E-state index in [4.69, 9.17) is 0 Å². The van der Waals surface area contributed by atoms with E-state index in [0.717, 1.165) is 37.3 Å². The first kappa shape index (κ1) is 19.2. The average Bonchev–Trinajstić information content (AvgIpc) is 3.02. The van der Waals surface area contributed by atoms with E-state index < -0.39 is 16.0 Å². The predicted octanol–water partition coefficient (Wildman–Crippen LogP) is 4.25. The third-order valence-electron chi connectivity index (χ3n) is 4.30. The summed E-state index contributed by atoms with van der Waals surface area (Å²) < 4.78 is 28.9. The quantitative estimate of drug-likeness (QED) is 0.699. The van der Waals surface area contributed by atoms with Crippen molar-refractivity contribution in [1.82, 2.24) is 0 Å². The average molecular weight is 459 g/mol. The molecule has 1 saturated heterocycles. The zero-order valence-electron chi connectivity index (χ0n) is 14.1. The summed E-state index contributed by atoms with van der Waals surface area (Å²) in [6, 6.07) is 7.76. The van der Waals surface area contributed by atoms with Gasteiger partial charge in [-0.1, -0.05) is 6.92 Å². The lowest BCUT2D eigenvalue weighted by atomic mass is 9.99. The van der Waals surface area contributed by atoms with Crippen LogP contribution in [0.5, 0.6) is 0 Å². The fraction of sp³-hybridized carbons (Fsp3) is 0.353. The minimum Gasteiger partial charge on any atom is -0.478 e. The zero-order chi connectivity index (χ0) is 18.9. The van der Waals surface area contributed by atoms with Crippen LogP contribution in [-0.4, -0.2) is 32.6 Å². The first-order valence-corrected chi connectivity index (χ1v) is 11.3. The minimum atomic E-state index is -3.79. The van der Waals surface area contributed by atoms with Gasteiger partial charge >= 0.3 is 5.97 Å².